The largest absolute Gasteiger partial charge is 0.417 e. The molecule has 0 bridgehead atoms. The van der Waals surface area contributed by atoms with Crippen molar-refractivity contribution in [3.8, 4) is 0 Å². The van der Waals surface area contributed by atoms with Crippen molar-refractivity contribution < 1.29 is 26.4 Å². The second-order valence-corrected chi connectivity index (χ2v) is 8.84. The number of halogens is 4. The molecule has 0 aliphatic heterocycles. The van der Waals surface area contributed by atoms with Crippen LogP contribution in [-0.4, -0.2) is 38.6 Å². The normalized spacial score (nSPS) is 13.1. The number of likely N-dealkylation sites (N-methyl/N-ethyl adjacent to an activating group) is 1. The van der Waals surface area contributed by atoms with Crippen molar-refractivity contribution in [1.29, 1.82) is 0 Å². The fraction of sp³-hybridized carbons (Fsp3) is 0.316. The lowest BCUT2D eigenvalue weighted by atomic mass is 10.1. The molecule has 0 aliphatic carbocycles. The zero-order chi connectivity index (χ0) is 22.0. The van der Waals surface area contributed by atoms with Crippen molar-refractivity contribution in [2.75, 3.05) is 17.6 Å². The average Bonchev–Trinajstić information content (AvgIpc) is 2.61. The first kappa shape index (κ1) is 23.0. The fourth-order valence-electron chi connectivity index (χ4n) is 2.92. The van der Waals surface area contributed by atoms with E-state index < -0.39 is 38.7 Å². The van der Waals surface area contributed by atoms with Crippen molar-refractivity contribution in [1.82, 2.24) is 4.90 Å². The molecular formula is C19H20ClF3N2O3S. The highest BCUT2D eigenvalue weighted by atomic mass is 35.5. The fourth-order valence-corrected chi connectivity index (χ4v) is 4.31. The average molecular weight is 449 g/mol. The summed E-state index contributed by atoms with van der Waals surface area (Å²) < 4.78 is 64.9. The van der Waals surface area contributed by atoms with E-state index in [0.29, 0.717) is 10.4 Å². The van der Waals surface area contributed by atoms with Crippen LogP contribution >= 0.6 is 11.6 Å². The molecule has 5 nitrogen and oxygen atoms in total. The Kier molecular flexibility index (Phi) is 6.85. The highest BCUT2D eigenvalue weighted by Crippen LogP contribution is 2.37. The van der Waals surface area contributed by atoms with Crippen LogP contribution in [0.4, 0.5) is 18.9 Å². The number of hydrogen-bond donors (Lipinski definition) is 0. The summed E-state index contributed by atoms with van der Waals surface area (Å²) >= 11 is 5.62. The Hall–Kier alpha value is -2.26. The molecule has 0 spiro atoms. The summed E-state index contributed by atoms with van der Waals surface area (Å²) in [5, 5.41) is -0.560. The molecule has 0 fully saturated rings. The number of alkyl halides is 3. The van der Waals surface area contributed by atoms with Gasteiger partial charge in [0.1, 0.15) is 6.04 Å². The van der Waals surface area contributed by atoms with Crippen molar-refractivity contribution in [2.45, 2.75) is 25.7 Å². The molecule has 1 atom stereocenters. The van der Waals surface area contributed by atoms with E-state index in [4.69, 9.17) is 11.6 Å². The number of benzene rings is 2. The number of carbonyl (C=O) groups is 1. The van der Waals surface area contributed by atoms with Gasteiger partial charge < -0.3 is 4.90 Å². The van der Waals surface area contributed by atoms with E-state index in [1.54, 1.807) is 24.3 Å². The molecule has 29 heavy (non-hydrogen) atoms. The van der Waals surface area contributed by atoms with Crippen LogP contribution in [0.3, 0.4) is 0 Å². The highest BCUT2D eigenvalue weighted by molar-refractivity contribution is 7.92. The molecule has 0 N–H and O–H groups in total. The Morgan fingerprint density at radius 3 is 2.24 bits per heavy atom. The van der Waals surface area contributed by atoms with Gasteiger partial charge in [-0.05, 0) is 30.7 Å². The Balaban J connectivity index is 2.39. The van der Waals surface area contributed by atoms with Crippen LogP contribution in [0.2, 0.25) is 5.02 Å². The summed E-state index contributed by atoms with van der Waals surface area (Å²) in [6, 6.07) is 10.5. The maximum Gasteiger partial charge on any atom is 0.417 e. The number of nitrogens with zero attached hydrogens (tertiary/aromatic N) is 2. The van der Waals surface area contributed by atoms with Gasteiger partial charge in [0.15, 0.2) is 0 Å². The number of hydrogen-bond acceptors (Lipinski definition) is 3. The minimum atomic E-state index is -4.77. The van der Waals surface area contributed by atoms with Gasteiger partial charge >= 0.3 is 6.18 Å². The van der Waals surface area contributed by atoms with Gasteiger partial charge in [-0.3, -0.25) is 9.10 Å². The van der Waals surface area contributed by atoms with Gasteiger partial charge in [-0.15, -0.1) is 0 Å². The molecule has 1 amide bonds. The van der Waals surface area contributed by atoms with E-state index in [0.717, 1.165) is 24.0 Å². The predicted octanol–water partition coefficient (Wildman–Crippen LogP) is 4.17. The maximum atomic E-state index is 13.2. The van der Waals surface area contributed by atoms with Crippen molar-refractivity contribution >= 4 is 33.2 Å². The standard InChI is InChI=1S/C19H20ClF3N2O3S/c1-13(18(26)24(2)12-14-7-5-4-6-8-14)25(29(3,27)28)15-9-10-17(20)16(11-15)19(21,22)23/h4-11,13H,12H2,1-3H3/t13-/m0/s1. The predicted molar refractivity (Wildman–Crippen MR) is 106 cm³/mol. The zero-order valence-corrected chi connectivity index (χ0v) is 17.5. The van der Waals surface area contributed by atoms with Crippen LogP contribution < -0.4 is 4.31 Å². The third kappa shape index (κ3) is 5.63. The van der Waals surface area contributed by atoms with Crippen LogP contribution in [-0.2, 0) is 27.5 Å². The van der Waals surface area contributed by atoms with E-state index in [9.17, 15) is 26.4 Å². The lowest BCUT2D eigenvalue weighted by Crippen LogP contribution is -2.48. The van der Waals surface area contributed by atoms with E-state index in [1.807, 2.05) is 6.07 Å². The number of sulfonamides is 1. The molecule has 0 aliphatic rings. The number of rotatable bonds is 6. The highest BCUT2D eigenvalue weighted by Gasteiger charge is 2.36. The number of anilines is 1. The van der Waals surface area contributed by atoms with Gasteiger partial charge in [0.25, 0.3) is 0 Å². The summed E-state index contributed by atoms with van der Waals surface area (Å²) in [5.41, 5.74) is -0.645. The molecule has 2 rings (SSSR count). The molecule has 158 valence electrons. The molecule has 2 aromatic carbocycles. The Morgan fingerprint density at radius 2 is 1.72 bits per heavy atom. The molecule has 0 saturated carbocycles. The van der Waals surface area contributed by atoms with Crippen LogP contribution in [0.5, 0.6) is 0 Å². The molecule has 0 radical (unpaired) electrons. The molecule has 0 saturated heterocycles. The summed E-state index contributed by atoms with van der Waals surface area (Å²) in [5.74, 6) is -0.567. The summed E-state index contributed by atoms with van der Waals surface area (Å²) in [6.45, 7) is 1.54. The Morgan fingerprint density at radius 1 is 1.14 bits per heavy atom. The third-order valence-corrected chi connectivity index (χ3v) is 5.79. The Bertz CT molecular complexity index is 982. The second kappa shape index (κ2) is 8.62. The lowest BCUT2D eigenvalue weighted by Gasteiger charge is -2.31. The summed E-state index contributed by atoms with van der Waals surface area (Å²) in [4.78, 5) is 14.1. The molecule has 0 aromatic heterocycles. The Labute approximate surface area is 172 Å². The first-order chi connectivity index (χ1) is 13.3. The van der Waals surface area contributed by atoms with Crippen LogP contribution in [0.1, 0.15) is 18.1 Å². The summed E-state index contributed by atoms with van der Waals surface area (Å²) in [6.07, 6.45) is -3.94. The van der Waals surface area contributed by atoms with Crippen molar-refractivity contribution in [2.24, 2.45) is 0 Å². The summed E-state index contributed by atoms with van der Waals surface area (Å²) in [7, 11) is -2.57. The zero-order valence-electron chi connectivity index (χ0n) is 15.9. The van der Waals surface area contributed by atoms with E-state index >= 15 is 0 Å². The quantitative estimate of drug-likeness (QED) is 0.666. The van der Waals surface area contributed by atoms with Gasteiger partial charge in [0, 0.05) is 13.6 Å². The van der Waals surface area contributed by atoms with Gasteiger partial charge in [0.2, 0.25) is 15.9 Å². The van der Waals surface area contributed by atoms with Crippen molar-refractivity contribution in [3.63, 3.8) is 0 Å². The molecule has 2 aromatic rings. The van der Waals surface area contributed by atoms with E-state index in [1.165, 1.54) is 18.9 Å². The van der Waals surface area contributed by atoms with E-state index in [-0.39, 0.29) is 12.2 Å². The van der Waals surface area contributed by atoms with Crippen molar-refractivity contribution in [3.05, 3.63) is 64.7 Å². The lowest BCUT2D eigenvalue weighted by molar-refractivity contribution is -0.137. The van der Waals surface area contributed by atoms with Gasteiger partial charge in [-0.25, -0.2) is 8.42 Å². The number of carbonyl (C=O) groups excluding carboxylic acids is 1. The van der Waals surface area contributed by atoms with E-state index in [2.05, 4.69) is 0 Å². The first-order valence-corrected chi connectivity index (χ1v) is 10.7. The monoisotopic (exact) mass is 448 g/mol. The van der Waals surface area contributed by atoms with Gasteiger partial charge in [0.05, 0.1) is 22.5 Å². The molecular weight excluding hydrogens is 429 g/mol. The van der Waals surface area contributed by atoms with Gasteiger partial charge in [-0.2, -0.15) is 13.2 Å². The smallest absolute Gasteiger partial charge is 0.340 e. The van der Waals surface area contributed by atoms with Crippen LogP contribution in [0.15, 0.2) is 48.5 Å². The molecule has 0 unspecified atom stereocenters. The first-order valence-electron chi connectivity index (χ1n) is 8.47. The van der Waals surface area contributed by atoms with Crippen LogP contribution in [0.25, 0.3) is 0 Å². The minimum Gasteiger partial charge on any atom is -0.340 e. The maximum absolute atomic E-state index is 13.2. The SMILES string of the molecule is C[C@@H](C(=O)N(C)Cc1ccccc1)N(c1ccc(Cl)c(C(F)(F)F)c1)S(C)(=O)=O. The van der Waals surface area contributed by atoms with Gasteiger partial charge in [-0.1, -0.05) is 41.9 Å². The third-order valence-electron chi connectivity index (χ3n) is 4.22. The number of amides is 1. The molecule has 10 heteroatoms. The second-order valence-electron chi connectivity index (χ2n) is 6.58. The minimum absolute atomic E-state index is 0.218. The topological polar surface area (TPSA) is 57.7 Å². The molecule has 0 heterocycles. The van der Waals surface area contributed by atoms with Crippen LogP contribution in [0, 0.1) is 0 Å².